The number of H-pyrrole nitrogens is 1. The van der Waals surface area contributed by atoms with Crippen LogP contribution in [0, 0.1) is 13.8 Å². The second kappa shape index (κ2) is 4.71. The smallest absolute Gasteiger partial charge is 0.263 e. The van der Waals surface area contributed by atoms with Crippen LogP contribution >= 0.6 is 0 Å². The van der Waals surface area contributed by atoms with Gasteiger partial charge in [0.15, 0.2) is 0 Å². The van der Waals surface area contributed by atoms with Gasteiger partial charge in [-0.05, 0) is 19.9 Å². The summed E-state index contributed by atoms with van der Waals surface area (Å²) in [6, 6.07) is 1.56. The fourth-order valence-corrected chi connectivity index (χ4v) is 3.10. The van der Waals surface area contributed by atoms with Crippen LogP contribution < -0.4 is 10.5 Å². The van der Waals surface area contributed by atoms with E-state index in [0.29, 0.717) is 17.1 Å². The highest BCUT2D eigenvalue weighted by Gasteiger charge is 2.20. The highest BCUT2D eigenvalue weighted by atomic mass is 32.2. The molecule has 0 aliphatic heterocycles. The van der Waals surface area contributed by atoms with E-state index in [0.717, 1.165) is 5.69 Å². The summed E-state index contributed by atoms with van der Waals surface area (Å²) < 4.78 is 28.8. The largest absolute Gasteiger partial charge is 0.352 e. The number of hydrogen-bond acceptors (Lipinski definition) is 4. The summed E-state index contributed by atoms with van der Waals surface area (Å²) in [5.74, 6) is 0. The summed E-state index contributed by atoms with van der Waals surface area (Å²) >= 11 is 0. The molecule has 2 rings (SSSR count). The lowest BCUT2D eigenvalue weighted by Crippen LogP contribution is -2.13. The van der Waals surface area contributed by atoms with Crippen molar-refractivity contribution >= 4 is 15.7 Å². The standard InChI is InChI=1S/C11H17N5O2S/c1-7-11(8(2)14-13-7)15-19(17,18)10-4-9(5-12)16(3)6-10/h4,6,15H,5,12H2,1-3H3,(H,13,14). The maximum Gasteiger partial charge on any atom is 0.263 e. The molecule has 2 aromatic heterocycles. The second-order valence-electron chi connectivity index (χ2n) is 4.40. The molecule has 0 atom stereocenters. The molecule has 0 saturated carbocycles. The van der Waals surface area contributed by atoms with Crippen molar-refractivity contribution in [1.82, 2.24) is 14.8 Å². The van der Waals surface area contributed by atoms with Crippen molar-refractivity contribution in [1.29, 1.82) is 0 Å². The minimum atomic E-state index is -3.63. The number of aryl methyl sites for hydroxylation is 3. The Kier molecular flexibility index (Phi) is 3.38. The van der Waals surface area contributed by atoms with Crippen LogP contribution in [0.15, 0.2) is 17.2 Å². The van der Waals surface area contributed by atoms with E-state index >= 15 is 0 Å². The Morgan fingerprint density at radius 2 is 2.16 bits per heavy atom. The predicted octanol–water partition coefficient (Wildman–Crippen LogP) is 0.625. The van der Waals surface area contributed by atoms with E-state index in [1.807, 2.05) is 0 Å². The Bertz CT molecular complexity index is 679. The molecule has 0 aromatic carbocycles. The number of nitrogens with zero attached hydrogens (tertiary/aromatic N) is 2. The average molecular weight is 283 g/mol. The number of hydrogen-bond donors (Lipinski definition) is 3. The topological polar surface area (TPSA) is 106 Å². The van der Waals surface area contributed by atoms with Crippen LogP contribution in [0.3, 0.4) is 0 Å². The lowest BCUT2D eigenvalue weighted by atomic mass is 10.3. The van der Waals surface area contributed by atoms with Crippen molar-refractivity contribution in [2.45, 2.75) is 25.3 Å². The van der Waals surface area contributed by atoms with E-state index in [9.17, 15) is 8.42 Å². The average Bonchev–Trinajstić information content (AvgIpc) is 2.87. The van der Waals surface area contributed by atoms with Gasteiger partial charge in [0.25, 0.3) is 10.0 Å². The molecule has 4 N–H and O–H groups in total. The molecule has 8 heteroatoms. The Morgan fingerprint density at radius 3 is 2.63 bits per heavy atom. The SMILES string of the molecule is Cc1n[nH]c(C)c1NS(=O)(=O)c1cc(CN)n(C)c1. The molecule has 0 bridgehead atoms. The Labute approximate surface area is 111 Å². The molecule has 19 heavy (non-hydrogen) atoms. The number of aromatic amines is 1. The van der Waals surface area contributed by atoms with Gasteiger partial charge in [0, 0.05) is 25.5 Å². The first-order chi connectivity index (χ1) is 8.85. The van der Waals surface area contributed by atoms with Gasteiger partial charge in [-0.15, -0.1) is 0 Å². The zero-order valence-corrected chi connectivity index (χ0v) is 11.9. The van der Waals surface area contributed by atoms with Gasteiger partial charge in [0.05, 0.1) is 17.1 Å². The molecule has 0 unspecified atom stereocenters. The van der Waals surface area contributed by atoms with Crippen molar-refractivity contribution in [2.75, 3.05) is 4.72 Å². The van der Waals surface area contributed by atoms with Gasteiger partial charge >= 0.3 is 0 Å². The molecule has 2 heterocycles. The van der Waals surface area contributed by atoms with Gasteiger partial charge in [0.2, 0.25) is 0 Å². The fraction of sp³-hybridized carbons (Fsp3) is 0.364. The predicted molar refractivity (Wildman–Crippen MR) is 72.2 cm³/mol. The van der Waals surface area contributed by atoms with Gasteiger partial charge in [-0.25, -0.2) is 8.42 Å². The van der Waals surface area contributed by atoms with Crippen LogP contribution in [0.25, 0.3) is 0 Å². The van der Waals surface area contributed by atoms with Crippen LogP contribution in [0.1, 0.15) is 17.1 Å². The maximum atomic E-state index is 12.3. The van der Waals surface area contributed by atoms with E-state index in [2.05, 4.69) is 14.9 Å². The first-order valence-electron chi connectivity index (χ1n) is 5.75. The quantitative estimate of drug-likeness (QED) is 0.765. The van der Waals surface area contributed by atoms with Crippen molar-refractivity contribution in [3.05, 3.63) is 29.3 Å². The summed E-state index contributed by atoms with van der Waals surface area (Å²) in [5.41, 5.74) is 8.06. The molecule has 0 aliphatic rings. The number of nitrogens with two attached hydrogens (primary N) is 1. The first-order valence-corrected chi connectivity index (χ1v) is 7.23. The van der Waals surface area contributed by atoms with Gasteiger partial charge < -0.3 is 10.3 Å². The molecule has 0 spiro atoms. The normalized spacial score (nSPS) is 11.8. The lowest BCUT2D eigenvalue weighted by molar-refractivity contribution is 0.601. The van der Waals surface area contributed by atoms with Crippen molar-refractivity contribution in [2.24, 2.45) is 12.8 Å². The molecule has 0 fully saturated rings. The Hall–Kier alpha value is -1.80. The molecule has 0 saturated heterocycles. The summed E-state index contributed by atoms with van der Waals surface area (Å²) in [6.07, 6.45) is 1.54. The van der Waals surface area contributed by atoms with Crippen LogP contribution in [0.2, 0.25) is 0 Å². The molecular formula is C11H17N5O2S. The second-order valence-corrected chi connectivity index (χ2v) is 6.08. The van der Waals surface area contributed by atoms with Gasteiger partial charge in [-0.3, -0.25) is 9.82 Å². The van der Waals surface area contributed by atoms with Gasteiger partial charge in [-0.1, -0.05) is 0 Å². The van der Waals surface area contributed by atoms with Crippen molar-refractivity contribution < 1.29 is 8.42 Å². The summed E-state index contributed by atoms with van der Waals surface area (Å²) in [6.45, 7) is 3.78. The third-order valence-corrected chi connectivity index (χ3v) is 4.28. The van der Waals surface area contributed by atoms with E-state index in [4.69, 9.17) is 5.73 Å². The fourth-order valence-electron chi connectivity index (χ4n) is 1.82. The van der Waals surface area contributed by atoms with Crippen LogP contribution in [0.4, 0.5) is 5.69 Å². The number of anilines is 1. The third-order valence-electron chi connectivity index (χ3n) is 2.97. The van der Waals surface area contributed by atoms with Gasteiger partial charge in [-0.2, -0.15) is 5.10 Å². The highest BCUT2D eigenvalue weighted by molar-refractivity contribution is 7.92. The number of nitrogens with one attached hydrogen (secondary N) is 2. The monoisotopic (exact) mass is 283 g/mol. The molecule has 0 radical (unpaired) electrons. The molecular weight excluding hydrogens is 266 g/mol. The first kappa shape index (κ1) is 13.6. The Balaban J connectivity index is 2.38. The van der Waals surface area contributed by atoms with Crippen LogP contribution in [-0.4, -0.2) is 23.2 Å². The summed E-state index contributed by atoms with van der Waals surface area (Å²) in [5, 5.41) is 6.69. The molecule has 0 amide bonds. The van der Waals surface area contributed by atoms with E-state index in [-0.39, 0.29) is 11.4 Å². The number of rotatable bonds is 4. The minimum absolute atomic E-state index is 0.190. The maximum absolute atomic E-state index is 12.3. The van der Waals surface area contributed by atoms with Crippen molar-refractivity contribution in [3.8, 4) is 0 Å². The van der Waals surface area contributed by atoms with E-state index in [1.165, 1.54) is 6.20 Å². The minimum Gasteiger partial charge on any atom is -0.352 e. The zero-order chi connectivity index (χ0) is 14.2. The number of aromatic nitrogens is 3. The Morgan fingerprint density at radius 1 is 1.47 bits per heavy atom. The zero-order valence-electron chi connectivity index (χ0n) is 11.1. The highest BCUT2D eigenvalue weighted by Crippen LogP contribution is 2.22. The van der Waals surface area contributed by atoms with Gasteiger partial charge in [0.1, 0.15) is 4.90 Å². The molecule has 2 aromatic rings. The van der Waals surface area contributed by atoms with Crippen LogP contribution in [0.5, 0.6) is 0 Å². The molecule has 0 aliphatic carbocycles. The summed E-state index contributed by atoms with van der Waals surface area (Å²) in [7, 11) is -1.87. The number of sulfonamides is 1. The van der Waals surface area contributed by atoms with Crippen LogP contribution in [-0.2, 0) is 23.6 Å². The van der Waals surface area contributed by atoms with E-state index < -0.39 is 10.0 Å². The molecule has 104 valence electrons. The van der Waals surface area contributed by atoms with Crippen molar-refractivity contribution in [3.63, 3.8) is 0 Å². The molecule has 7 nitrogen and oxygen atoms in total. The summed E-state index contributed by atoms with van der Waals surface area (Å²) in [4.78, 5) is 0.190. The lowest BCUT2D eigenvalue weighted by Gasteiger charge is -2.06. The third kappa shape index (κ3) is 2.49. The van der Waals surface area contributed by atoms with E-state index in [1.54, 1.807) is 31.5 Å².